The van der Waals surface area contributed by atoms with Crippen molar-refractivity contribution in [1.82, 2.24) is 9.97 Å². The van der Waals surface area contributed by atoms with Gasteiger partial charge in [-0.05, 0) is 50.2 Å². The van der Waals surface area contributed by atoms with Crippen molar-refractivity contribution < 1.29 is 13.2 Å². The van der Waals surface area contributed by atoms with Gasteiger partial charge in [-0.15, -0.1) is 0 Å². The summed E-state index contributed by atoms with van der Waals surface area (Å²) in [4.78, 5) is 8.75. The van der Waals surface area contributed by atoms with Crippen LogP contribution in [0.2, 0.25) is 5.02 Å². The van der Waals surface area contributed by atoms with Crippen LogP contribution < -0.4 is 15.4 Å². The number of anilines is 4. The van der Waals surface area contributed by atoms with Gasteiger partial charge in [0.25, 0.3) is 0 Å². The fourth-order valence-corrected chi connectivity index (χ4v) is 3.86. The molecule has 2 aromatic carbocycles. The van der Waals surface area contributed by atoms with Crippen LogP contribution in [-0.2, 0) is 9.84 Å². The van der Waals surface area contributed by atoms with Crippen molar-refractivity contribution in [1.29, 1.82) is 0 Å². The van der Waals surface area contributed by atoms with Gasteiger partial charge in [-0.1, -0.05) is 23.7 Å². The first-order valence-electron chi connectivity index (χ1n) is 8.85. The Kier molecular flexibility index (Phi) is 6.24. The summed E-state index contributed by atoms with van der Waals surface area (Å²) in [6, 6.07) is 13.9. The Bertz CT molecular complexity index is 1100. The van der Waals surface area contributed by atoms with Crippen LogP contribution >= 0.6 is 11.6 Å². The maximum Gasteiger partial charge on any atom is 0.229 e. The molecule has 9 heteroatoms. The zero-order chi connectivity index (χ0) is 21.0. The van der Waals surface area contributed by atoms with Gasteiger partial charge in [-0.2, -0.15) is 4.98 Å². The molecule has 152 valence electrons. The molecule has 0 spiro atoms. The van der Waals surface area contributed by atoms with Crippen molar-refractivity contribution in [3.05, 3.63) is 59.8 Å². The maximum atomic E-state index is 12.7. The Morgan fingerprint density at radius 3 is 2.38 bits per heavy atom. The van der Waals surface area contributed by atoms with Gasteiger partial charge in [0.1, 0.15) is 10.8 Å². The predicted molar refractivity (Wildman–Crippen MR) is 115 cm³/mol. The zero-order valence-corrected chi connectivity index (χ0v) is 17.8. The van der Waals surface area contributed by atoms with Crippen LogP contribution in [0, 0.1) is 0 Å². The third-order valence-electron chi connectivity index (χ3n) is 4.16. The lowest BCUT2D eigenvalue weighted by Crippen LogP contribution is -2.15. The number of rotatable bonds is 7. The molecule has 7 nitrogen and oxygen atoms in total. The monoisotopic (exact) mass is 432 g/mol. The summed E-state index contributed by atoms with van der Waals surface area (Å²) in [5.41, 5.74) is 1.17. The standard InChI is InChI=1S/C20H21ClN4O3S/c1-13(2)29(26,27)18-7-5-4-6-17(18)24-19-16(21)12-22-20(25-19)23-14-8-10-15(28-3)11-9-14/h4-13H,1-3H3,(H2,22,23,24,25). The Balaban J connectivity index is 1.90. The number of halogens is 1. The van der Waals surface area contributed by atoms with Gasteiger partial charge in [0.2, 0.25) is 5.95 Å². The van der Waals surface area contributed by atoms with Gasteiger partial charge in [0.15, 0.2) is 15.7 Å². The molecule has 0 amide bonds. The molecule has 3 rings (SSSR count). The molecular weight excluding hydrogens is 412 g/mol. The average molecular weight is 433 g/mol. The highest BCUT2D eigenvalue weighted by atomic mass is 35.5. The predicted octanol–water partition coefficient (Wildman–Crippen LogP) is 4.81. The molecule has 29 heavy (non-hydrogen) atoms. The number of ether oxygens (including phenoxy) is 1. The van der Waals surface area contributed by atoms with Crippen LogP contribution in [0.5, 0.6) is 5.75 Å². The van der Waals surface area contributed by atoms with Gasteiger partial charge in [-0.25, -0.2) is 13.4 Å². The topological polar surface area (TPSA) is 93.2 Å². The lowest BCUT2D eigenvalue weighted by Gasteiger charge is -2.15. The normalized spacial score (nSPS) is 11.3. The van der Waals surface area contributed by atoms with Crippen molar-refractivity contribution in [2.24, 2.45) is 0 Å². The second-order valence-electron chi connectivity index (χ2n) is 6.46. The molecule has 1 aromatic heterocycles. The first kappa shape index (κ1) is 20.9. The molecule has 0 saturated carbocycles. The van der Waals surface area contributed by atoms with Crippen molar-refractivity contribution in [2.45, 2.75) is 24.0 Å². The molecule has 0 fully saturated rings. The lowest BCUT2D eigenvalue weighted by atomic mass is 10.3. The summed E-state index contributed by atoms with van der Waals surface area (Å²) in [5.74, 6) is 1.34. The highest BCUT2D eigenvalue weighted by Crippen LogP contribution is 2.30. The van der Waals surface area contributed by atoms with E-state index in [9.17, 15) is 8.42 Å². The van der Waals surface area contributed by atoms with Crippen molar-refractivity contribution in [3.8, 4) is 5.75 Å². The van der Waals surface area contributed by atoms with Gasteiger partial charge in [0.05, 0.1) is 29.1 Å². The number of nitrogens with zero attached hydrogens (tertiary/aromatic N) is 2. The van der Waals surface area contributed by atoms with Crippen molar-refractivity contribution in [2.75, 3.05) is 17.7 Å². The summed E-state index contributed by atoms with van der Waals surface area (Å²) in [6.45, 7) is 3.28. The van der Waals surface area contributed by atoms with Gasteiger partial charge in [0, 0.05) is 5.69 Å². The average Bonchev–Trinajstić information content (AvgIpc) is 2.71. The molecular formula is C20H21ClN4O3S. The highest BCUT2D eigenvalue weighted by Gasteiger charge is 2.23. The molecule has 0 saturated heterocycles. The number of aromatic nitrogens is 2. The minimum Gasteiger partial charge on any atom is -0.497 e. The Morgan fingerprint density at radius 1 is 1.03 bits per heavy atom. The van der Waals surface area contributed by atoms with E-state index in [4.69, 9.17) is 16.3 Å². The largest absolute Gasteiger partial charge is 0.497 e. The maximum absolute atomic E-state index is 12.7. The van der Waals surface area contributed by atoms with E-state index in [1.807, 2.05) is 24.3 Å². The summed E-state index contributed by atoms with van der Waals surface area (Å²) >= 11 is 6.24. The van der Waals surface area contributed by atoms with Gasteiger partial charge in [-0.3, -0.25) is 0 Å². The molecule has 0 aliphatic rings. The number of para-hydroxylation sites is 1. The smallest absolute Gasteiger partial charge is 0.229 e. The van der Waals surface area contributed by atoms with E-state index >= 15 is 0 Å². The summed E-state index contributed by atoms with van der Waals surface area (Å²) in [5, 5.41) is 5.81. The van der Waals surface area contributed by atoms with Crippen LogP contribution in [0.1, 0.15) is 13.8 Å². The highest BCUT2D eigenvalue weighted by molar-refractivity contribution is 7.92. The number of methoxy groups -OCH3 is 1. The quantitative estimate of drug-likeness (QED) is 0.553. The van der Waals surface area contributed by atoms with E-state index in [0.29, 0.717) is 17.5 Å². The molecule has 0 bridgehead atoms. The fourth-order valence-electron chi connectivity index (χ4n) is 2.52. The number of hydrogen-bond acceptors (Lipinski definition) is 7. The second-order valence-corrected chi connectivity index (χ2v) is 9.34. The molecule has 0 aliphatic carbocycles. The van der Waals surface area contributed by atoms with E-state index in [1.165, 1.54) is 6.20 Å². The first-order chi connectivity index (χ1) is 13.8. The third-order valence-corrected chi connectivity index (χ3v) is 6.64. The van der Waals surface area contributed by atoms with Crippen LogP contribution in [0.4, 0.5) is 23.1 Å². The van der Waals surface area contributed by atoms with E-state index in [-0.39, 0.29) is 9.92 Å². The van der Waals surface area contributed by atoms with Crippen molar-refractivity contribution in [3.63, 3.8) is 0 Å². The van der Waals surface area contributed by atoms with Gasteiger partial charge >= 0.3 is 0 Å². The molecule has 1 heterocycles. The number of hydrogen-bond donors (Lipinski definition) is 2. The molecule has 3 aromatic rings. The SMILES string of the molecule is COc1ccc(Nc2ncc(Cl)c(Nc3ccccc3S(=O)(=O)C(C)C)n2)cc1. The van der Waals surface area contributed by atoms with Crippen molar-refractivity contribution >= 4 is 44.6 Å². The number of nitrogens with one attached hydrogen (secondary N) is 2. The van der Waals surface area contributed by atoms with Crippen LogP contribution in [0.25, 0.3) is 0 Å². The molecule has 0 radical (unpaired) electrons. The zero-order valence-electron chi connectivity index (χ0n) is 16.2. The van der Waals surface area contributed by atoms with Gasteiger partial charge < -0.3 is 15.4 Å². The molecule has 0 atom stereocenters. The van der Waals surface area contributed by atoms with E-state index in [2.05, 4.69) is 20.6 Å². The minimum atomic E-state index is -3.48. The van der Waals surface area contributed by atoms with Crippen LogP contribution in [0.3, 0.4) is 0 Å². The van der Waals surface area contributed by atoms with E-state index < -0.39 is 15.1 Å². The molecule has 2 N–H and O–H groups in total. The summed E-state index contributed by atoms with van der Waals surface area (Å²) in [6.07, 6.45) is 1.45. The molecule has 0 unspecified atom stereocenters. The van der Waals surface area contributed by atoms with Crippen LogP contribution in [-0.4, -0.2) is 30.7 Å². The number of benzene rings is 2. The lowest BCUT2D eigenvalue weighted by molar-refractivity contribution is 0.415. The van der Waals surface area contributed by atoms with E-state index in [0.717, 1.165) is 11.4 Å². The van der Waals surface area contributed by atoms with E-state index in [1.54, 1.807) is 45.2 Å². The second kappa shape index (κ2) is 8.67. The minimum absolute atomic E-state index is 0.189. The number of sulfone groups is 1. The summed E-state index contributed by atoms with van der Waals surface area (Å²) < 4.78 is 30.5. The Morgan fingerprint density at radius 2 is 1.72 bits per heavy atom. The third kappa shape index (κ3) is 4.78. The Hall–Kier alpha value is -2.84. The summed E-state index contributed by atoms with van der Waals surface area (Å²) in [7, 11) is -1.89. The Labute approximate surface area is 175 Å². The fraction of sp³-hybridized carbons (Fsp3) is 0.200. The first-order valence-corrected chi connectivity index (χ1v) is 10.8. The molecule has 0 aliphatic heterocycles. The van der Waals surface area contributed by atoms with Crippen LogP contribution in [0.15, 0.2) is 59.6 Å².